The van der Waals surface area contributed by atoms with E-state index in [4.69, 9.17) is 11.5 Å². The molecule has 0 atom stereocenters. The maximum Gasteiger partial charge on any atom is 0.159 e. The monoisotopic (exact) mass is 227 g/mol. The zero-order chi connectivity index (χ0) is 12.4. The van der Waals surface area contributed by atoms with E-state index in [-0.39, 0.29) is 5.78 Å². The number of anilines is 2. The van der Waals surface area contributed by atoms with Gasteiger partial charge in [-0.1, -0.05) is 24.3 Å². The Morgan fingerprint density at radius 3 is 2.35 bits per heavy atom. The third-order valence-electron chi connectivity index (χ3n) is 2.59. The predicted octanol–water partition coefficient (Wildman–Crippen LogP) is 2.12. The Bertz CT molecular complexity index is 561. The fraction of sp³-hybridized carbons (Fsp3) is 0.0769. The van der Waals surface area contributed by atoms with Crippen LogP contribution in [0.3, 0.4) is 0 Å². The Labute approximate surface area is 99.3 Å². The Hall–Kier alpha value is -2.36. The number of ketones is 1. The van der Waals surface area contributed by atoms with Gasteiger partial charge < -0.3 is 11.5 Å². The average molecular weight is 227 g/mol. The molecule has 0 saturated heterocycles. The molecular formula is C13H13N3O. The number of hydrogen-bond acceptors (Lipinski definition) is 4. The Kier molecular flexibility index (Phi) is 2.78. The third-order valence-corrected chi connectivity index (χ3v) is 2.59. The van der Waals surface area contributed by atoms with Crippen LogP contribution in [0.25, 0.3) is 11.3 Å². The summed E-state index contributed by atoms with van der Waals surface area (Å²) in [6.07, 6.45) is 1.61. The highest BCUT2D eigenvalue weighted by Crippen LogP contribution is 2.27. The van der Waals surface area contributed by atoms with Crippen molar-refractivity contribution in [1.29, 1.82) is 0 Å². The average Bonchev–Trinajstić information content (AvgIpc) is 2.33. The SMILES string of the molecule is CC(=O)c1ccc(-c2nccc(N)c2N)cc1. The number of hydrogen-bond donors (Lipinski definition) is 2. The Balaban J connectivity index is 2.47. The van der Waals surface area contributed by atoms with E-state index in [0.717, 1.165) is 5.56 Å². The van der Waals surface area contributed by atoms with E-state index >= 15 is 0 Å². The van der Waals surface area contributed by atoms with Gasteiger partial charge in [-0.25, -0.2) is 0 Å². The molecule has 0 radical (unpaired) electrons. The third kappa shape index (κ3) is 2.10. The summed E-state index contributed by atoms with van der Waals surface area (Å²) >= 11 is 0. The molecule has 1 heterocycles. The molecule has 4 heteroatoms. The maximum absolute atomic E-state index is 11.2. The van der Waals surface area contributed by atoms with Gasteiger partial charge in [0.2, 0.25) is 0 Å². The van der Waals surface area contributed by atoms with E-state index in [1.165, 1.54) is 6.92 Å². The van der Waals surface area contributed by atoms with E-state index in [9.17, 15) is 4.79 Å². The van der Waals surface area contributed by atoms with Crippen molar-refractivity contribution in [2.45, 2.75) is 6.92 Å². The van der Waals surface area contributed by atoms with E-state index in [0.29, 0.717) is 22.6 Å². The van der Waals surface area contributed by atoms with Crippen LogP contribution < -0.4 is 11.5 Å². The van der Waals surface area contributed by atoms with Crippen LogP contribution in [-0.4, -0.2) is 10.8 Å². The fourth-order valence-electron chi connectivity index (χ4n) is 1.58. The number of pyridine rings is 1. The first-order valence-corrected chi connectivity index (χ1v) is 5.21. The van der Waals surface area contributed by atoms with E-state index < -0.39 is 0 Å². The summed E-state index contributed by atoms with van der Waals surface area (Å²) in [7, 11) is 0. The summed E-state index contributed by atoms with van der Waals surface area (Å²) in [6, 6.07) is 8.79. The van der Waals surface area contributed by atoms with Gasteiger partial charge in [-0.15, -0.1) is 0 Å². The molecule has 0 aliphatic carbocycles. The number of aromatic nitrogens is 1. The highest BCUT2D eigenvalue weighted by Gasteiger charge is 2.07. The predicted molar refractivity (Wildman–Crippen MR) is 68.5 cm³/mol. The van der Waals surface area contributed by atoms with Crippen molar-refractivity contribution in [3.05, 3.63) is 42.1 Å². The molecule has 17 heavy (non-hydrogen) atoms. The molecule has 0 unspecified atom stereocenters. The van der Waals surface area contributed by atoms with E-state index in [1.54, 1.807) is 24.4 Å². The van der Waals surface area contributed by atoms with Crippen molar-refractivity contribution in [3.63, 3.8) is 0 Å². The summed E-state index contributed by atoms with van der Waals surface area (Å²) in [5.74, 6) is 0.0325. The summed E-state index contributed by atoms with van der Waals surface area (Å²) in [6.45, 7) is 1.53. The highest BCUT2D eigenvalue weighted by atomic mass is 16.1. The molecule has 1 aromatic heterocycles. The minimum Gasteiger partial charge on any atom is -0.397 e. The zero-order valence-electron chi connectivity index (χ0n) is 9.47. The zero-order valence-corrected chi connectivity index (χ0v) is 9.47. The van der Waals surface area contributed by atoms with Crippen molar-refractivity contribution < 1.29 is 4.79 Å². The minimum absolute atomic E-state index is 0.0325. The molecule has 1 aromatic carbocycles. The standard InChI is InChI=1S/C13H13N3O/c1-8(17)9-2-4-10(5-3-9)13-12(15)11(14)6-7-16-13/h2-7H,15H2,1H3,(H2,14,16). The summed E-state index contributed by atoms with van der Waals surface area (Å²) in [5.41, 5.74) is 14.7. The lowest BCUT2D eigenvalue weighted by Crippen LogP contribution is -1.99. The first kappa shape index (κ1) is 11.1. The highest BCUT2D eigenvalue weighted by molar-refractivity contribution is 5.94. The minimum atomic E-state index is 0.0325. The van der Waals surface area contributed by atoms with Gasteiger partial charge in [0.15, 0.2) is 5.78 Å². The number of nitrogen functional groups attached to an aromatic ring is 2. The summed E-state index contributed by atoms with van der Waals surface area (Å²) in [4.78, 5) is 15.3. The molecule has 0 fully saturated rings. The topological polar surface area (TPSA) is 82.0 Å². The van der Waals surface area contributed by atoms with Crippen molar-refractivity contribution in [2.75, 3.05) is 11.5 Å². The normalized spacial score (nSPS) is 10.2. The second kappa shape index (κ2) is 4.25. The number of nitrogens with zero attached hydrogens (tertiary/aromatic N) is 1. The lowest BCUT2D eigenvalue weighted by Gasteiger charge is -2.07. The van der Waals surface area contributed by atoms with Crippen LogP contribution in [0.1, 0.15) is 17.3 Å². The molecular weight excluding hydrogens is 214 g/mol. The lowest BCUT2D eigenvalue weighted by molar-refractivity contribution is 0.101. The second-order valence-corrected chi connectivity index (χ2v) is 3.80. The first-order valence-electron chi connectivity index (χ1n) is 5.21. The van der Waals surface area contributed by atoms with Crippen LogP contribution in [-0.2, 0) is 0 Å². The number of carbonyl (C=O) groups is 1. The lowest BCUT2D eigenvalue weighted by atomic mass is 10.1. The molecule has 4 nitrogen and oxygen atoms in total. The van der Waals surface area contributed by atoms with Crippen LogP contribution in [0.2, 0.25) is 0 Å². The fourth-order valence-corrected chi connectivity index (χ4v) is 1.58. The van der Waals surface area contributed by atoms with Gasteiger partial charge in [0.25, 0.3) is 0 Å². The number of rotatable bonds is 2. The van der Waals surface area contributed by atoms with Crippen LogP contribution in [0.5, 0.6) is 0 Å². The number of carbonyl (C=O) groups excluding carboxylic acids is 1. The largest absolute Gasteiger partial charge is 0.397 e. The molecule has 2 aromatic rings. The number of Topliss-reactive ketones (excluding diaryl/α,β-unsaturated/α-hetero) is 1. The Morgan fingerprint density at radius 2 is 1.76 bits per heavy atom. The van der Waals surface area contributed by atoms with Gasteiger partial charge in [0, 0.05) is 17.3 Å². The molecule has 0 amide bonds. The van der Waals surface area contributed by atoms with Gasteiger partial charge in [-0.2, -0.15) is 0 Å². The first-order chi connectivity index (χ1) is 8.09. The van der Waals surface area contributed by atoms with Crippen molar-refractivity contribution in [3.8, 4) is 11.3 Å². The molecule has 0 spiro atoms. The molecule has 0 aliphatic heterocycles. The van der Waals surface area contributed by atoms with Gasteiger partial charge in [-0.3, -0.25) is 9.78 Å². The van der Waals surface area contributed by atoms with Gasteiger partial charge >= 0.3 is 0 Å². The number of benzene rings is 1. The van der Waals surface area contributed by atoms with E-state index in [2.05, 4.69) is 4.98 Å². The van der Waals surface area contributed by atoms with Crippen LogP contribution >= 0.6 is 0 Å². The summed E-state index contributed by atoms with van der Waals surface area (Å²) in [5, 5.41) is 0. The van der Waals surface area contributed by atoms with Crippen LogP contribution in [0.4, 0.5) is 11.4 Å². The quantitative estimate of drug-likeness (QED) is 0.770. The van der Waals surface area contributed by atoms with Crippen LogP contribution in [0, 0.1) is 0 Å². The number of nitrogens with two attached hydrogens (primary N) is 2. The molecule has 2 rings (SSSR count). The summed E-state index contributed by atoms with van der Waals surface area (Å²) < 4.78 is 0. The van der Waals surface area contributed by atoms with Gasteiger partial charge in [-0.05, 0) is 13.0 Å². The molecule has 0 saturated carbocycles. The molecule has 86 valence electrons. The van der Waals surface area contributed by atoms with Crippen LogP contribution in [0.15, 0.2) is 36.5 Å². The molecule has 0 bridgehead atoms. The smallest absolute Gasteiger partial charge is 0.159 e. The molecule has 0 aliphatic rings. The van der Waals surface area contributed by atoms with Crippen molar-refractivity contribution in [2.24, 2.45) is 0 Å². The van der Waals surface area contributed by atoms with Crippen molar-refractivity contribution >= 4 is 17.2 Å². The van der Waals surface area contributed by atoms with Crippen molar-refractivity contribution in [1.82, 2.24) is 4.98 Å². The van der Waals surface area contributed by atoms with Gasteiger partial charge in [0.1, 0.15) is 0 Å². The maximum atomic E-state index is 11.2. The van der Waals surface area contributed by atoms with E-state index in [1.807, 2.05) is 12.1 Å². The second-order valence-electron chi connectivity index (χ2n) is 3.80. The van der Waals surface area contributed by atoms with Gasteiger partial charge in [0.05, 0.1) is 17.1 Å². The Morgan fingerprint density at radius 1 is 1.12 bits per heavy atom. The molecule has 4 N–H and O–H groups in total.